The van der Waals surface area contributed by atoms with Crippen LogP contribution >= 0.6 is 0 Å². The van der Waals surface area contributed by atoms with Crippen LogP contribution in [0, 0.1) is 23.0 Å². The van der Waals surface area contributed by atoms with E-state index in [1.807, 2.05) is 19.9 Å². The van der Waals surface area contributed by atoms with E-state index in [0.717, 1.165) is 36.8 Å². The first kappa shape index (κ1) is 27.8. The number of halogens is 2. The zero-order valence-electron chi connectivity index (χ0n) is 22.6. The van der Waals surface area contributed by atoms with Crippen LogP contribution in [0.15, 0.2) is 47.6 Å². The molecule has 2 atom stereocenters. The number of rotatable bonds is 10. The Morgan fingerprint density at radius 3 is 2.36 bits per heavy atom. The number of carbonyl (C=O) groups is 1. The van der Waals surface area contributed by atoms with Gasteiger partial charge in [0, 0.05) is 12.5 Å². The van der Waals surface area contributed by atoms with E-state index in [1.54, 1.807) is 23.2 Å². The van der Waals surface area contributed by atoms with E-state index in [1.165, 1.54) is 18.2 Å². The van der Waals surface area contributed by atoms with E-state index < -0.39 is 11.4 Å². The molecule has 0 radical (unpaired) electrons. The summed E-state index contributed by atoms with van der Waals surface area (Å²) in [5.41, 5.74) is 1.65. The summed E-state index contributed by atoms with van der Waals surface area (Å²) in [5, 5.41) is 9.58. The maximum Gasteiger partial charge on any atom is 0.248 e. The summed E-state index contributed by atoms with van der Waals surface area (Å²) in [6, 6.07) is 11.3. The van der Waals surface area contributed by atoms with Crippen LogP contribution in [-0.2, 0) is 11.2 Å². The molecule has 2 unspecified atom stereocenters. The summed E-state index contributed by atoms with van der Waals surface area (Å²) >= 11 is 0. The largest absolute Gasteiger partial charge is 0.354 e. The van der Waals surface area contributed by atoms with E-state index in [2.05, 4.69) is 33.0 Å². The van der Waals surface area contributed by atoms with E-state index in [4.69, 9.17) is 5.10 Å². The lowest BCUT2D eigenvalue weighted by Gasteiger charge is -2.38. The van der Waals surface area contributed by atoms with Crippen LogP contribution in [0.4, 0.5) is 14.5 Å². The first-order valence-corrected chi connectivity index (χ1v) is 13.2. The maximum absolute atomic E-state index is 15.4. The Balaban J connectivity index is 2.05. The molecule has 1 heterocycles. The molecule has 0 saturated carbocycles. The van der Waals surface area contributed by atoms with Gasteiger partial charge in [-0.05, 0) is 73.4 Å². The van der Waals surface area contributed by atoms with Gasteiger partial charge in [-0.15, -0.1) is 0 Å². The lowest BCUT2D eigenvalue weighted by molar-refractivity contribution is -0.126. The second-order valence-electron chi connectivity index (χ2n) is 11.2. The molecule has 0 aromatic heterocycles. The van der Waals surface area contributed by atoms with Crippen molar-refractivity contribution in [3.05, 3.63) is 65.2 Å². The summed E-state index contributed by atoms with van der Waals surface area (Å²) in [4.78, 5) is 13.9. The molecule has 1 aliphatic rings. The third-order valence-corrected chi connectivity index (χ3v) is 7.14. The number of anilines is 1. The van der Waals surface area contributed by atoms with Gasteiger partial charge >= 0.3 is 0 Å². The van der Waals surface area contributed by atoms with Gasteiger partial charge in [0.2, 0.25) is 5.91 Å². The molecule has 2 aromatic carbocycles. The van der Waals surface area contributed by atoms with Gasteiger partial charge < -0.3 is 5.32 Å². The predicted octanol–water partition coefficient (Wildman–Crippen LogP) is 7.26. The maximum atomic E-state index is 15.4. The molecule has 0 saturated heterocycles. The molecule has 0 fully saturated rings. The number of nitrogens with one attached hydrogen (secondary N) is 1. The topological polar surface area (TPSA) is 44.7 Å². The number of aryl methyl sites for hydroxylation is 1. The Bertz CT molecular complexity index is 1070. The van der Waals surface area contributed by atoms with E-state index in [-0.39, 0.29) is 28.7 Å². The summed E-state index contributed by atoms with van der Waals surface area (Å²) in [7, 11) is 0. The fraction of sp³-hybridized carbons (Fsp3) is 0.533. The minimum Gasteiger partial charge on any atom is -0.354 e. The van der Waals surface area contributed by atoms with Gasteiger partial charge in [0.1, 0.15) is 17.2 Å². The van der Waals surface area contributed by atoms with Crippen LogP contribution in [0.3, 0.4) is 0 Å². The number of benzene rings is 2. The Kier molecular flexibility index (Phi) is 8.91. The molecule has 0 aliphatic carbocycles. The Morgan fingerprint density at radius 2 is 1.78 bits per heavy atom. The molecular weight excluding hydrogens is 456 g/mol. The monoisotopic (exact) mass is 497 g/mol. The molecule has 3 rings (SSSR count). The Hall–Kier alpha value is -2.76. The van der Waals surface area contributed by atoms with Gasteiger partial charge in [-0.25, -0.2) is 13.8 Å². The summed E-state index contributed by atoms with van der Waals surface area (Å²) < 4.78 is 29.1. The van der Waals surface area contributed by atoms with Crippen molar-refractivity contribution in [3.63, 3.8) is 0 Å². The highest BCUT2D eigenvalue weighted by Gasteiger charge is 2.54. The van der Waals surface area contributed by atoms with Crippen molar-refractivity contribution >= 4 is 17.3 Å². The summed E-state index contributed by atoms with van der Waals surface area (Å²) in [6.45, 7) is 13.0. The molecule has 1 amide bonds. The van der Waals surface area contributed by atoms with Crippen molar-refractivity contribution in [3.8, 4) is 0 Å². The van der Waals surface area contributed by atoms with Crippen LogP contribution in [-0.4, -0.2) is 23.7 Å². The molecule has 2 aromatic rings. The molecular formula is C30H41F2N3O. The Labute approximate surface area is 215 Å². The number of carbonyl (C=O) groups excluding carboxylic acids is 1. The molecule has 0 spiro atoms. The summed E-state index contributed by atoms with van der Waals surface area (Å²) in [6.07, 6.45) is 5.11. The van der Waals surface area contributed by atoms with Gasteiger partial charge in [0.05, 0.1) is 11.4 Å². The average Bonchev–Trinajstić information content (AvgIpc) is 3.13. The normalized spacial score (nSPS) is 19.9. The van der Waals surface area contributed by atoms with Crippen molar-refractivity contribution in [2.75, 3.05) is 11.6 Å². The van der Waals surface area contributed by atoms with E-state index >= 15 is 4.39 Å². The Morgan fingerprint density at radius 1 is 1.08 bits per heavy atom. The minimum atomic E-state index is -1.13. The van der Waals surface area contributed by atoms with Crippen LogP contribution in [0.1, 0.15) is 84.8 Å². The smallest absolute Gasteiger partial charge is 0.248 e. The molecule has 1 N–H and O–H groups in total. The van der Waals surface area contributed by atoms with Gasteiger partial charge in [-0.1, -0.05) is 65.7 Å². The number of amides is 1. The van der Waals surface area contributed by atoms with Crippen LogP contribution < -0.4 is 10.3 Å². The van der Waals surface area contributed by atoms with Crippen molar-refractivity contribution in [1.82, 2.24) is 5.32 Å². The van der Waals surface area contributed by atoms with Gasteiger partial charge in [0.15, 0.2) is 0 Å². The number of hydrogen-bond donors (Lipinski definition) is 1. The van der Waals surface area contributed by atoms with E-state index in [9.17, 15) is 9.18 Å². The molecule has 6 heteroatoms. The molecule has 4 nitrogen and oxygen atoms in total. The average molecular weight is 498 g/mol. The quantitative estimate of drug-likeness (QED) is 0.351. The molecule has 1 aliphatic heterocycles. The van der Waals surface area contributed by atoms with Crippen molar-refractivity contribution in [1.29, 1.82) is 0 Å². The van der Waals surface area contributed by atoms with Gasteiger partial charge in [-0.2, -0.15) is 5.10 Å². The lowest BCUT2D eigenvalue weighted by atomic mass is 9.76. The predicted molar refractivity (Wildman–Crippen MR) is 144 cm³/mol. The molecule has 0 bridgehead atoms. The molecule has 196 valence electrons. The first-order chi connectivity index (χ1) is 17.0. The highest BCUT2D eigenvalue weighted by Crippen LogP contribution is 2.42. The van der Waals surface area contributed by atoms with Crippen molar-refractivity contribution in [2.24, 2.45) is 16.4 Å². The second kappa shape index (κ2) is 11.5. The van der Waals surface area contributed by atoms with E-state index in [0.29, 0.717) is 25.1 Å². The summed E-state index contributed by atoms with van der Waals surface area (Å²) in [5.74, 6) is -1.19. The number of unbranched alkanes of at least 4 members (excludes halogenated alkanes) is 1. The van der Waals surface area contributed by atoms with Crippen LogP contribution in [0.5, 0.6) is 0 Å². The van der Waals surface area contributed by atoms with Gasteiger partial charge in [0.25, 0.3) is 0 Å². The number of nitrogens with zero attached hydrogens (tertiary/aromatic N) is 2. The minimum absolute atomic E-state index is 0.169. The van der Waals surface area contributed by atoms with Crippen molar-refractivity contribution in [2.45, 2.75) is 85.6 Å². The third kappa shape index (κ3) is 6.13. The van der Waals surface area contributed by atoms with Gasteiger partial charge in [-0.3, -0.25) is 4.79 Å². The molecule has 36 heavy (non-hydrogen) atoms. The zero-order valence-corrected chi connectivity index (χ0v) is 22.6. The fourth-order valence-corrected chi connectivity index (χ4v) is 4.90. The number of hydrogen-bond acceptors (Lipinski definition) is 3. The lowest BCUT2D eigenvalue weighted by Crippen LogP contribution is -2.58. The fourth-order valence-electron chi connectivity index (χ4n) is 4.90. The highest BCUT2D eigenvalue weighted by molar-refractivity contribution is 6.10. The highest BCUT2D eigenvalue weighted by atomic mass is 19.1. The van der Waals surface area contributed by atoms with Crippen LogP contribution in [0.25, 0.3) is 0 Å². The zero-order chi connectivity index (χ0) is 26.5. The first-order valence-electron chi connectivity index (χ1n) is 13.2. The SMILES string of the molecule is CCCCC1C(c2ccc(F)cc2)=NN(c2ccc(CC)cc2F)C1(C)C(=O)NCCCC(C)(C)C. The number of hydrazone groups is 1. The standard InChI is InChI=1S/C30H41F2N3O/c1-7-9-11-24-27(22-13-15-23(31)16-14-22)34-35(26-17-12-21(8-2)20-25(26)32)30(24,6)28(36)33-19-10-18-29(3,4)5/h12-17,20,24H,7-11,18-19H2,1-6H3,(H,33,36). The van der Waals surface area contributed by atoms with Crippen molar-refractivity contribution < 1.29 is 13.6 Å². The van der Waals surface area contributed by atoms with Crippen LogP contribution in [0.2, 0.25) is 0 Å². The third-order valence-electron chi connectivity index (χ3n) is 7.14. The second-order valence-corrected chi connectivity index (χ2v) is 11.2.